The lowest BCUT2D eigenvalue weighted by Crippen LogP contribution is -2.19. The van der Waals surface area contributed by atoms with Gasteiger partial charge in [-0.15, -0.1) is 0 Å². The number of nitrogens with one attached hydrogen (secondary N) is 1. The SMILES string of the molecule is COS(=O)(=O)Cc1nc2cccnc2[nH]c1=O. The summed E-state index contributed by atoms with van der Waals surface area (Å²) in [6.07, 6.45) is 1.51. The molecule has 2 aromatic heterocycles. The summed E-state index contributed by atoms with van der Waals surface area (Å²) in [6, 6.07) is 3.27. The van der Waals surface area contributed by atoms with E-state index in [-0.39, 0.29) is 5.69 Å². The fourth-order valence-corrected chi connectivity index (χ4v) is 1.93. The van der Waals surface area contributed by atoms with E-state index >= 15 is 0 Å². The first kappa shape index (κ1) is 11.7. The van der Waals surface area contributed by atoms with Gasteiger partial charge >= 0.3 is 0 Å². The van der Waals surface area contributed by atoms with Crippen molar-refractivity contribution < 1.29 is 12.6 Å². The zero-order chi connectivity index (χ0) is 12.5. The van der Waals surface area contributed by atoms with Gasteiger partial charge in [-0.2, -0.15) is 8.42 Å². The van der Waals surface area contributed by atoms with Gasteiger partial charge in [0.1, 0.15) is 17.0 Å². The minimum absolute atomic E-state index is 0.118. The van der Waals surface area contributed by atoms with Crippen molar-refractivity contribution in [2.45, 2.75) is 5.75 Å². The molecule has 0 atom stereocenters. The number of hydrogen-bond donors (Lipinski definition) is 1. The van der Waals surface area contributed by atoms with Crippen LogP contribution in [-0.2, 0) is 20.1 Å². The van der Waals surface area contributed by atoms with Gasteiger partial charge in [-0.05, 0) is 12.1 Å². The van der Waals surface area contributed by atoms with Crippen LogP contribution in [0.2, 0.25) is 0 Å². The minimum Gasteiger partial charge on any atom is -0.304 e. The monoisotopic (exact) mass is 255 g/mol. The van der Waals surface area contributed by atoms with Crippen molar-refractivity contribution in [2.75, 3.05) is 7.11 Å². The maximum Gasteiger partial charge on any atom is 0.273 e. The third-order valence-electron chi connectivity index (χ3n) is 2.10. The molecule has 0 spiro atoms. The normalized spacial score (nSPS) is 11.8. The van der Waals surface area contributed by atoms with E-state index in [2.05, 4.69) is 19.1 Å². The van der Waals surface area contributed by atoms with Crippen molar-refractivity contribution in [1.29, 1.82) is 0 Å². The van der Waals surface area contributed by atoms with Gasteiger partial charge in [0, 0.05) is 6.20 Å². The van der Waals surface area contributed by atoms with Crippen LogP contribution in [0.1, 0.15) is 5.69 Å². The number of aromatic nitrogens is 3. The molecule has 8 heteroatoms. The average molecular weight is 255 g/mol. The maximum absolute atomic E-state index is 11.5. The van der Waals surface area contributed by atoms with Gasteiger partial charge in [0.05, 0.1) is 7.11 Å². The standard InChI is InChI=1S/C9H9N3O4S/c1-16-17(14,15)5-7-9(13)12-8-6(11-7)3-2-4-10-8/h2-4H,5H2,1H3,(H,10,12,13). The Morgan fingerprint density at radius 2 is 2.24 bits per heavy atom. The van der Waals surface area contributed by atoms with E-state index in [1.54, 1.807) is 12.1 Å². The topological polar surface area (TPSA) is 102 Å². The Bertz CT molecular complexity index is 707. The highest BCUT2D eigenvalue weighted by Crippen LogP contribution is 2.05. The fourth-order valence-electron chi connectivity index (χ4n) is 1.28. The molecule has 0 aliphatic heterocycles. The third-order valence-corrected chi connectivity index (χ3v) is 3.24. The molecule has 0 fully saturated rings. The lowest BCUT2D eigenvalue weighted by Gasteiger charge is -2.01. The van der Waals surface area contributed by atoms with Crippen LogP contribution in [0.3, 0.4) is 0 Å². The second kappa shape index (κ2) is 4.22. The Morgan fingerprint density at radius 3 is 2.94 bits per heavy atom. The predicted octanol–water partition coefficient (Wildman–Crippen LogP) is -0.206. The summed E-state index contributed by atoms with van der Waals surface area (Å²) < 4.78 is 26.7. The van der Waals surface area contributed by atoms with Gasteiger partial charge in [-0.1, -0.05) is 0 Å². The van der Waals surface area contributed by atoms with Gasteiger partial charge in [0.15, 0.2) is 5.65 Å². The molecule has 2 rings (SSSR count). The van der Waals surface area contributed by atoms with Gasteiger partial charge in [-0.3, -0.25) is 8.98 Å². The molecular weight excluding hydrogens is 246 g/mol. The highest BCUT2D eigenvalue weighted by Gasteiger charge is 2.15. The average Bonchev–Trinajstić information content (AvgIpc) is 2.30. The molecule has 0 aromatic carbocycles. The van der Waals surface area contributed by atoms with Crippen LogP contribution in [0.4, 0.5) is 0 Å². The number of aromatic amines is 1. The van der Waals surface area contributed by atoms with E-state index in [1.165, 1.54) is 6.20 Å². The molecule has 2 aromatic rings. The molecule has 0 radical (unpaired) electrons. The van der Waals surface area contributed by atoms with Crippen LogP contribution >= 0.6 is 0 Å². The predicted molar refractivity (Wildman–Crippen MR) is 59.8 cm³/mol. The summed E-state index contributed by atoms with van der Waals surface area (Å²) in [5.74, 6) is -0.566. The molecule has 0 saturated carbocycles. The molecule has 90 valence electrons. The summed E-state index contributed by atoms with van der Waals surface area (Å²) in [7, 11) is -2.73. The second-order valence-electron chi connectivity index (χ2n) is 3.25. The third kappa shape index (κ3) is 2.48. The number of rotatable bonds is 3. The van der Waals surface area contributed by atoms with E-state index in [9.17, 15) is 13.2 Å². The first-order valence-electron chi connectivity index (χ1n) is 4.64. The molecule has 0 bridgehead atoms. The largest absolute Gasteiger partial charge is 0.304 e. The summed E-state index contributed by atoms with van der Waals surface area (Å²) in [6.45, 7) is 0. The molecule has 0 saturated heterocycles. The molecule has 17 heavy (non-hydrogen) atoms. The first-order chi connectivity index (χ1) is 8.02. The molecule has 0 unspecified atom stereocenters. The summed E-state index contributed by atoms with van der Waals surface area (Å²) in [5, 5.41) is 0. The summed E-state index contributed by atoms with van der Waals surface area (Å²) >= 11 is 0. The van der Waals surface area contributed by atoms with E-state index in [1.807, 2.05) is 0 Å². The highest BCUT2D eigenvalue weighted by molar-refractivity contribution is 7.85. The van der Waals surface area contributed by atoms with Crippen molar-refractivity contribution in [1.82, 2.24) is 15.0 Å². The number of nitrogens with zero attached hydrogens (tertiary/aromatic N) is 2. The highest BCUT2D eigenvalue weighted by atomic mass is 32.2. The molecule has 2 heterocycles. The number of H-pyrrole nitrogens is 1. The van der Waals surface area contributed by atoms with Crippen molar-refractivity contribution in [3.63, 3.8) is 0 Å². The van der Waals surface area contributed by atoms with Crippen molar-refractivity contribution in [3.05, 3.63) is 34.4 Å². The molecule has 0 amide bonds. The van der Waals surface area contributed by atoms with Crippen LogP contribution < -0.4 is 5.56 Å². The first-order valence-corrected chi connectivity index (χ1v) is 6.22. The van der Waals surface area contributed by atoms with Gasteiger partial charge in [0.2, 0.25) is 0 Å². The zero-order valence-electron chi connectivity index (χ0n) is 8.87. The Hall–Kier alpha value is -1.80. The molecule has 1 N–H and O–H groups in total. The van der Waals surface area contributed by atoms with Gasteiger partial charge < -0.3 is 4.98 Å². The summed E-state index contributed by atoms with van der Waals surface area (Å²) in [5.41, 5.74) is 0.0358. The van der Waals surface area contributed by atoms with Crippen molar-refractivity contribution >= 4 is 21.3 Å². The van der Waals surface area contributed by atoms with E-state index in [0.717, 1.165) is 7.11 Å². The molecule has 0 aliphatic carbocycles. The quantitative estimate of drug-likeness (QED) is 0.762. The Labute approximate surface area is 96.6 Å². The Morgan fingerprint density at radius 1 is 1.47 bits per heavy atom. The molecular formula is C9H9N3O4S. The van der Waals surface area contributed by atoms with E-state index in [0.29, 0.717) is 11.2 Å². The van der Waals surface area contributed by atoms with Crippen LogP contribution in [-0.4, -0.2) is 30.5 Å². The lowest BCUT2D eigenvalue weighted by atomic mass is 10.4. The van der Waals surface area contributed by atoms with E-state index in [4.69, 9.17) is 0 Å². The lowest BCUT2D eigenvalue weighted by molar-refractivity contribution is 0.396. The van der Waals surface area contributed by atoms with Crippen LogP contribution in [0.5, 0.6) is 0 Å². The van der Waals surface area contributed by atoms with Gasteiger partial charge in [-0.25, -0.2) is 9.97 Å². The number of fused-ring (bicyclic) bond motifs is 1. The van der Waals surface area contributed by atoms with Crippen molar-refractivity contribution in [3.8, 4) is 0 Å². The molecule has 7 nitrogen and oxygen atoms in total. The Balaban J connectivity index is 2.56. The molecule has 0 aliphatic rings. The van der Waals surface area contributed by atoms with E-state index < -0.39 is 21.4 Å². The second-order valence-corrected chi connectivity index (χ2v) is 4.99. The van der Waals surface area contributed by atoms with Crippen LogP contribution in [0, 0.1) is 0 Å². The minimum atomic E-state index is -3.77. The zero-order valence-corrected chi connectivity index (χ0v) is 9.69. The number of pyridine rings is 1. The van der Waals surface area contributed by atoms with Crippen molar-refractivity contribution in [2.24, 2.45) is 0 Å². The maximum atomic E-state index is 11.5. The Kier molecular flexibility index (Phi) is 2.90. The van der Waals surface area contributed by atoms with Crippen LogP contribution in [0.25, 0.3) is 11.2 Å². The number of hydrogen-bond acceptors (Lipinski definition) is 6. The fraction of sp³-hybridized carbons (Fsp3) is 0.222. The smallest absolute Gasteiger partial charge is 0.273 e. The summed E-state index contributed by atoms with van der Waals surface area (Å²) in [4.78, 5) is 21.8. The van der Waals surface area contributed by atoms with Crippen LogP contribution in [0.15, 0.2) is 23.1 Å². The van der Waals surface area contributed by atoms with Gasteiger partial charge in [0.25, 0.3) is 15.7 Å².